The molecule has 0 aliphatic heterocycles. The van der Waals surface area contributed by atoms with Crippen molar-refractivity contribution in [2.45, 2.75) is 39.3 Å². The molecule has 0 spiro atoms. The predicted octanol–water partition coefficient (Wildman–Crippen LogP) is 1.71. The first-order valence-corrected chi connectivity index (χ1v) is 7.73. The molecule has 0 aromatic heterocycles. The lowest BCUT2D eigenvalue weighted by atomic mass is 10.0. The van der Waals surface area contributed by atoms with E-state index in [1.165, 1.54) is 12.1 Å². The number of amides is 2. The minimum Gasteiger partial charge on any atom is -0.508 e. The number of phenols is 1. The van der Waals surface area contributed by atoms with E-state index in [1.54, 1.807) is 19.1 Å². The number of alkyl carbamates (subject to hydrolysis) is 1. The lowest BCUT2D eigenvalue weighted by Gasteiger charge is -2.19. The van der Waals surface area contributed by atoms with E-state index in [-0.39, 0.29) is 24.7 Å². The topological polar surface area (TPSA) is 111 Å². The van der Waals surface area contributed by atoms with Gasteiger partial charge in [0.25, 0.3) is 0 Å². The Morgan fingerprint density at radius 2 is 1.83 bits per heavy atom. The second-order valence-electron chi connectivity index (χ2n) is 5.92. The third kappa shape index (κ3) is 7.01. The maximum absolute atomic E-state index is 12.3. The van der Waals surface area contributed by atoms with E-state index >= 15 is 0 Å². The van der Waals surface area contributed by atoms with Gasteiger partial charge in [0, 0.05) is 6.42 Å². The lowest BCUT2D eigenvalue weighted by molar-refractivity contribution is -0.123. The summed E-state index contributed by atoms with van der Waals surface area (Å²) in [4.78, 5) is 24.1. The fraction of sp³-hybridized carbons (Fsp3) is 0.471. The number of nitrogens with one attached hydrogen (secondary N) is 2. The summed E-state index contributed by atoms with van der Waals surface area (Å²) in [5.41, 5.74) is 0.752. The quantitative estimate of drug-likeness (QED) is 0.703. The van der Waals surface area contributed by atoms with Gasteiger partial charge < -0.3 is 20.5 Å². The number of hydrogen-bond acceptors (Lipinski definition) is 5. The number of benzene rings is 1. The van der Waals surface area contributed by atoms with Crippen LogP contribution in [0.3, 0.4) is 0 Å². The molecule has 7 heteroatoms. The monoisotopic (exact) mass is 333 g/mol. The molecule has 0 fully saturated rings. The van der Waals surface area contributed by atoms with Crippen LogP contribution in [0.4, 0.5) is 4.79 Å². The number of carbonyl (C=O) groups is 2. The van der Waals surface area contributed by atoms with Crippen LogP contribution in [0, 0.1) is 17.2 Å². The maximum atomic E-state index is 12.3. The standard InChI is InChI=1S/C17H23N3O4/c1-11(2)10-24-17(23)20-15(16(22)19-12(3)9-18)8-13-4-6-14(21)7-5-13/h4-7,11-12,15,21H,8,10H2,1-3H3,(H,19,22)(H,20,23). The highest BCUT2D eigenvalue weighted by molar-refractivity contribution is 5.86. The van der Waals surface area contributed by atoms with Crippen LogP contribution in [-0.2, 0) is 16.0 Å². The van der Waals surface area contributed by atoms with Crippen molar-refractivity contribution in [3.8, 4) is 11.8 Å². The number of ether oxygens (including phenoxy) is 1. The minimum absolute atomic E-state index is 0.113. The van der Waals surface area contributed by atoms with E-state index in [0.717, 1.165) is 5.56 Å². The number of hydrogen-bond donors (Lipinski definition) is 3. The zero-order valence-electron chi connectivity index (χ0n) is 14.1. The number of nitrogens with zero attached hydrogens (tertiary/aromatic N) is 1. The van der Waals surface area contributed by atoms with Crippen molar-refractivity contribution in [3.63, 3.8) is 0 Å². The van der Waals surface area contributed by atoms with Gasteiger partial charge in [-0.1, -0.05) is 26.0 Å². The average molecular weight is 333 g/mol. The average Bonchev–Trinajstić information content (AvgIpc) is 2.54. The minimum atomic E-state index is -0.884. The lowest BCUT2D eigenvalue weighted by Crippen LogP contribution is -2.50. The zero-order chi connectivity index (χ0) is 18.1. The Labute approximate surface area is 141 Å². The van der Waals surface area contributed by atoms with Gasteiger partial charge in [0.1, 0.15) is 17.8 Å². The highest BCUT2D eigenvalue weighted by Crippen LogP contribution is 2.11. The molecular weight excluding hydrogens is 310 g/mol. The number of nitriles is 1. The van der Waals surface area contributed by atoms with E-state index in [4.69, 9.17) is 10.00 Å². The first kappa shape index (κ1) is 19.3. The second kappa shape index (κ2) is 9.40. The summed E-state index contributed by atoms with van der Waals surface area (Å²) >= 11 is 0. The Morgan fingerprint density at radius 1 is 1.21 bits per heavy atom. The molecule has 2 unspecified atom stereocenters. The van der Waals surface area contributed by atoms with Gasteiger partial charge in [0.2, 0.25) is 5.91 Å². The fourth-order valence-corrected chi connectivity index (χ4v) is 1.85. The molecule has 3 N–H and O–H groups in total. The van der Waals surface area contributed by atoms with Crippen molar-refractivity contribution in [1.29, 1.82) is 5.26 Å². The number of phenolic OH excluding ortho intramolecular Hbond substituents is 1. The first-order valence-electron chi connectivity index (χ1n) is 7.73. The largest absolute Gasteiger partial charge is 0.508 e. The Bertz CT molecular complexity index is 593. The van der Waals surface area contributed by atoms with Gasteiger partial charge in [-0.3, -0.25) is 4.79 Å². The van der Waals surface area contributed by atoms with Crippen LogP contribution in [-0.4, -0.2) is 35.8 Å². The van der Waals surface area contributed by atoms with Crippen LogP contribution in [0.5, 0.6) is 5.75 Å². The molecule has 24 heavy (non-hydrogen) atoms. The summed E-state index contributed by atoms with van der Waals surface area (Å²) < 4.78 is 5.04. The summed E-state index contributed by atoms with van der Waals surface area (Å²) in [7, 11) is 0. The van der Waals surface area contributed by atoms with Crippen molar-refractivity contribution in [2.75, 3.05) is 6.61 Å². The van der Waals surface area contributed by atoms with Gasteiger partial charge in [0.15, 0.2) is 0 Å². The van der Waals surface area contributed by atoms with Crippen LogP contribution in [0.15, 0.2) is 24.3 Å². The molecule has 1 aromatic rings. The summed E-state index contributed by atoms with van der Waals surface area (Å²) in [6.45, 7) is 5.60. The van der Waals surface area contributed by atoms with Crippen LogP contribution >= 0.6 is 0 Å². The van der Waals surface area contributed by atoms with E-state index in [0.29, 0.717) is 0 Å². The second-order valence-corrected chi connectivity index (χ2v) is 5.92. The van der Waals surface area contributed by atoms with Crippen LogP contribution < -0.4 is 10.6 Å². The zero-order valence-corrected chi connectivity index (χ0v) is 14.1. The predicted molar refractivity (Wildman–Crippen MR) is 88.1 cm³/mol. The smallest absolute Gasteiger partial charge is 0.407 e. The van der Waals surface area contributed by atoms with E-state index in [2.05, 4.69) is 10.6 Å². The van der Waals surface area contributed by atoms with Gasteiger partial charge in [-0.15, -0.1) is 0 Å². The molecular formula is C17H23N3O4. The highest BCUT2D eigenvalue weighted by atomic mass is 16.5. The van der Waals surface area contributed by atoms with E-state index in [9.17, 15) is 14.7 Å². The third-order valence-corrected chi connectivity index (χ3v) is 3.08. The van der Waals surface area contributed by atoms with Crippen LogP contribution in [0.25, 0.3) is 0 Å². The van der Waals surface area contributed by atoms with Gasteiger partial charge in [-0.25, -0.2) is 4.79 Å². The molecule has 0 saturated heterocycles. The molecule has 130 valence electrons. The molecule has 0 heterocycles. The Hall–Kier alpha value is -2.75. The number of carbonyl (C=O) groups excluding carboxylic acids is 2. The molecule has 2 amide bonds. The molecule has 0 bridgehead atoms. The van der Waals surface area contributed by atoms with Crippen molar-refractivity contribution < 1.29 is 19.4 Å². The number of rotatable bonds is 7. The summed E-state index contributed by atoms with van der Waals surface area (Å²) in [6.07, 6.45) is -0.478. The Kier molecular flexibility index (Phi) is 7.56. The van der Waals surface area contributed by atoms with Crippen molar-refractivity contribution >= 4 is 12.0 Å². The van der Waals surface area contributed by atoms with Crippen molar-refractivity contribution in [1.82, 2.24) is 10.6 Å². The Morgan fingerprint density at radius 3 is 2.38 bits per heavy atom. The molecule has 1 aromatic carbocycles. The molecule has 0 aliphatic rings. The van der Waals surface area contributed by atoms with E-state index < -0.39 is 24.1 Å². The van der Waals surface area contributed by atoms with Gasteiger partial charge >= 0.3 is 6.09 Å². The summed E-state index contributed by atoms with van der Waals surface area (Å²) in [6, 6.07) is 6.66. The molecule has 2 atom stereocenters. The van der Waals surface area contributed by atoms with E-state index in [1.807, 2.05) is 19.9 Å². The van der Waals surface area contributed by atoms with Crippen molar-refractivity contribution in [2.24, 2.45) is 5.92 Å². The van der Waals surface area contributed by atoms with Crippen LogP contribution in [0.2, 0.25) is 0 Å². The number of aromatic hydroxyl groups is 1. The fourth-order valence-electron chi connectivity index (χ4n) is 1.85. The van der Waals surface area contributed by atoms with Gasteiger partial charge in [0.05, 0.1) is 12.7 Å². The first-order chi connectivity index (χ1) is 11.3. The SMILES string of the molecule is CC(C)COC(=O)NC(Cc1ccc(O)cc1)C(=O)NC(C)C#N. The molecule has 7 nitrogen and oxygen atoms in total. The van der Waals surface area contributed by atoms with Gasteiger partial charge in [-0.2, -0.15) is 5.26 Å². The summed E-state index contributed by atoms with van der Waals surface area (Å²) in [5.74, 6) is -0.181. The molecule has 0 radical (unpaired) electrons. The highest BCUT2D eigenvalue weighted by Gasteiger charge is 2.23. The normalized spacial score (nSPS) is 12.8. The molecule has 0 aliphatic carbocycles. The van der Waals surface area contributed by atoms with Crippen LogP contribution in [0.1, 0.15) is 26.3 Å². The maximum Gasteiger partial charge on any atom is 0.407 e. The molecule has 0 saturated carbocycles. The van der Waals surface area contributed by atoms with Gasteiger partial charge in [-0.05, 0) is 30.5 Å². The third-order valence-electron chi connectivity index (χ3n) is 3.08. The molecule has 1 rings (SSSR count). The summed E-state index contributed by atoms with van der Waals surface area (Å²) in [5, 5.41) is 23.2. The van der Waals surface area contributed by atoms with Crippen molar-refractivity contribution in [3.05, 3.63) is 29.8 Å². The Balaban J connectivity index is 2.78.